The van der Waals surface area contributed by atoms with Gasteiger partial charge in [0.2, 0.25) is 0 Å². The molecule has 4 heterocycles. The van der Waals surface area contributed by atoms with Gasteiger partial charge in [-0.2, -0.15) is 0 Å². The van der Waals surface area contributed by atoms with Crippen LogP contribution in [-0.2, 0) is 0 Å². The van der Waals surface area contributed by atoms with Crippen molar-refractivity contribution in [1.82, 2.24) is 24.1 Å². The van der Waals surface area contributed by atoms with Crippen LogP contribution >= 0.6 is 0 Å². The van der Waals surface area contributed by atoms with Gasteiger partial charge in [-0.05, 0) is 82.9 Å². The van der Waals surface area contributed by atoms with E-state index in [-0.39, 0.29) is 0 Å². The summed E-state index contributed by atoms with van der Waals surface area (Å²) in [5.41, 5.74) is 16.9. The summed E-state index contributed by atoms with van der Waals surface area (Å²) in [6.45, 7) is 0. The first-order valence-corrected chi connectivity index (χ1v) is 20.3. The molecule has 0 unspecified atom stereocenters. The minimum Gasteiger partial charge on any atom is -0.309 e. The van der Waals surface area contributed by atoms with E-state index in [1.165, 1.54) is 32.6 Å². The Kier molecular flexibility index (Phi) is 7.78. The molecule has 5 heteroatoms. The molecule has 5 nitrogen and oxygen atoms in total. The molecule has 0 spiro atoms. The fourth-order valence-electron chi connectivity index (χ4n) is 8.97. The molecule has 0 radical (unpaired) electrons. The van der Waals surface area contributed by atoms with Gasteiger partial charge < -0.3 is 9.13 Å². The largest absolute Gasteiger partial charge is 0.309 e. The fraction of sp³-hybridized carbons (Fsp3) is 0. The van der Waals surface area contributed by atoms with E-state index in [4.69, 9.17) is 9.97 Å². The smallest absolute Gasteiger partial charge is 0.0973 e. The van der Waals surface area contributed by atoms with E-state index in [9.17, 15) is 0 Å². The lowest BCUT2D eigenvalue weighted by molar-refractivity contribution is 1.18. The van der Waals surface area contributed by atoms with Crippen LogP contribution in [0.25, 0.3) is 111 Å². The van der Waals surface area contributed by atoms with Crippen molar-refractivity contribution in [3.05, 3.63) is 213 Å². The van der Waals surface area contributed by atoms with Gasteiger partial charge in [0.25, 0.3) is 0 Å². The summed E-state index contributed by atoms with van der Waals surface area (Å²) < 4.78 is 4.77. The van der Waals surface area contributed by atoms with E-state index in [2.05, 4.69) is 196 Å². The molecule has 12 aromatic rings. The van der Waals surface area contributed by atoms with Crippen LogP contribution in [0.4, 0.5) is 0 Å². The molecule has 0 bridgehead atoms. The third-order valence-corrected chi connectivity index (χ3v) is 11.8. The Morgan fingerprint density at radius 3 is 1.37 bits per heavy atom. The predicted octanol–water partition coefficient (Wildman–Crippen LogP) is 13.9. The van der Waals surface area contributed by atoms with Crippen molar-refractivity contribution in [1.29, 1.82) is 0 Å². The first kappa shape index (κ1) is 33.9. The molecule has 0 amide bonds. The Labute approximate surface area is 346 Å². The molecule has 0 fully saturated rings. The summed E-state index contributed by atoms with van der Waals surface area (Å²) in [6, 6.07) is 71.2. The molecule has 0 saturated heterocycles. The number of fused-ring (bicyclic) bond motifs is 7. The fourth-order valence-corrected chi connectivity index (χ4v) is 8.97. The average Bonchev–Trinajstić information content (AvgIpc) is 3.84. The highest BCUT2D eigenvalue weighted by Crippen LogP contribution is 2.39. The quantitative estimate of drug-likeness (QED) is 0.169. The second kappa shape index (κ2) is 13.8. The minimum atomic E-state index is 0.847. The van der Waals surface area contributed by atoms with Crippen LogP contribution in [0.3, 0.4) is 0 Å². The van der Waals surface area contributed by atoms with Crippen molar-refractivity contribution < 1.29 is 0 Å². The monoisotopic (exact) mass is 765 g/mol. The van der Waals surface area contributed by atoms with Crippen molar-refractivity contribution in [2.24, 2.45) is 0 Å². The molecule has 0 aliphatic carbocycles. The first-order valence-electron chi connectivity index (χ1n) is 20.3. The number of para-hydroxylation sites is 2. The van der Waals surface area contributed by atoms with E-state index in [1.807, 2.05) is 30.6 Å². The van der Waals surface area contributed by atoms with Crippen molar-refractivity contribution in [3.8, 4) is 56.1 Å². The third kappa shape index (κ3) is 5.52. The van der Waals surface area contributed by atoms with Crippen LogP contribution in [0.5, 0.6) is 0 Å². The summed E-state index contributed by atoms with van der Waals surface area (Å²) in [6.07, 6.45) is 3.72. The Balaban J connectivity index is 1.02. The Hall–Kier alpha value is -8.15. The van der Waals surface area contributed by atoms with Gasteiger partial charge >= 0.3 is 0 Å². The lowest BCUT2D eigenvalue weighted by Gasteiger charge is -2.13. The zero-order valence-corrected chi connectivity index (χ0v) is 32.4. The maximum Gasteiger partial charge on any atom is 0.0973 e. The number of hydrogen-bond acceptors (Lipinski definition) is 3. The van der Waals surface area contributed by atoms with Gasteiger partial charge in [-0.3, -0.25) is 4.98 Å². The maximum absolute atomic E-state index is 5.34. The normalized spacial score (nSPS) is 11.7. The van der Waals surface area contributed by atoms with Crippen molar-refractivity contribution in [2.75, 3.05) is 0 Å². The Bertz CT molecular complexity index is 3570. The standard InChI is InChI=1S/C55H35N5/c1-3-12-37(13-4-1)54-55(38-14-5-2-6-15-38)58-49-34-43(27-30-48(49)57-54)60-51-20-10-8-18-45(51)47-29-24-40(33-53(47)60)39-23-28-46-44-17-7-9-19-50(44)59(52(46)32-39)42-25-21-36(22-26-42)41-16-11-31-56-35-41/h1-35H. The predicted molar refractivity (Wildman–Crippen MR) is 248 cm³/mol. The molecule has 0 saturated carbocycles. The summed E-state index contributed by atoms with van der Waals surface area (Å²) in [5, 5.41) is 4.87. The second-order valence-corrected chi connectivity index (χ2v) is 15.3. The highest BCUT2D eigenvalue weighted by molar-refractivity contribution is 6.12. The highest BCUT2D eigenvalue weighted by atomic mass is 15.0. The van der Waals surface area contributed by atoms with Gasteiger partial charge in [0.15, 0.2) is 0 Å². The second-order valence-electron chi connectivity index (χ2n) is 15.3. The number of hydrogen-bond donors (Lipinski definition) is 0. The molecule has 0 aliphatic rings. The molecular weight excluding hydrogens is 731 g/mol. The molecule has 0 aliphatic heterocycles. The minimum absolute atomic E-state index is 0.847. The van der Waals surface area contributed by atoms with E-state index < -0.39 is 0 Å². The van der Waals surface area contributed by atoms with Crippen molar-refractivity contribution >= 4 is 54.6 Å². The van der Waals surface area contributed by atoms with E-state index in [0.29, 0.717) is 0 Å². The Morgan fingerprint density at radius 2 is 0.783 bits per heavy atom. The van der Waals surface area contributed by atoms with Crippen LogP contribution in [-0.4, -0.2) is 24.1 Å². The lowest BCUT2D eigenvalue weighted by atomic mass is 10.0. The molecule has 4 aromatic heterocycles. The van der Waals surface area contributed by atoms with E-state index >= 15 is 0 Å². The summed E-state index contributed by atoms with van der Waals surface area (Å²) in [5.74, 6) is 0. The van der Waals surface area contributed by atoms with Gasteiger partial charge in [-0.25, -0.2) is 9.97 Å². The van der Waals surface area contributed by atoms with Gasteiger partial charge in [0.1, 0.15) is 0 Å². The molecule has 8 aromatic carbocycles. The van der Waals surface area contributed by atoms with Crippen LogP contribution in [0.1, 0.15) is 0 Å². The zero-order valence-electron chi connectivity index (χ0n) is 32.4. The zero-order chi connectivity index (χ0) is 39.6. The molecule has 0 N–H and O–H groups in total. The van der Waals surface area contributed by atoms with Gasteiger partial charge in [-0.1, -0.05) is 140 Å². The maximum atomic E-state index is 5.34. The van der Waals surface area contributed by atoms with Crippen LogP contribution in [0.2, 0.25) is 0 Å². The molecule has 0 atom stereocenters. The molecule has 280 valence electrons. The third-order valence-electron chi connectivity index (χ3n) is 11.8. The summed E-state index contributed by atoms with van der Waals surface area (Å²) >= 11 is 0. The van der Waals surface area contributed by atoms with E-state index in [0.717, 1.165) is 78.2 Å². The van der Waals surface area contributed by atoms with Gasteiger partial charge in [0.05, 0.1) is 44.5 Å². The van der Waals surface area contributed by atoms with Crippen molar-refractivity contribution in [3.63, 3.8) is 0 Å². The van der Waals surface area contributed by atoms with Crippen LogP contribution < -0.4 is 0 Å². The Morgan fingerprint density at radius 1 is 0.300 bits per heavy atom. The lowest BCUT2D eigenvalue weighted by Crippen LogP contribution is -1.98. The van der Waals surface area contributed by atoms with Gasteiger partial charge in [0, 0.05) is 56.4 Å². The van der Waals surface area contributed by atoms with Crippen LogP contribution in [0.15, 0.2) is 213 Å². The summed E-state index contributed by atoms with van der Waals surface area (Å²) in [4.78, 5) is 14.9. The summed E-state index contributed by atoms with van der Waals surface area (Å²) in [7, 11) is 0. The topological polar surface area (TPSA) is 48.5 Å². The molecule has 12 rings (SSSR count). The number of benzene rings is 8. The van der Waals surface area contributed by atoms with E-state index in [1.54, 1.807) is 0 Å². The van der Waals surface area contributed by atoms with Gasteiger partial charge in [-0.15, -0.1) is 0 Å². The van der Waals surface area contributed by atoms with Crippen molar-refractivity contribution in [2.45, 2.75) is 0 Å². The number of aromatic nitrogens is 5. The average molecular weight is 766 g/mol. The number of nitrogens with zero attached hydrogens (tertiary/aromatic N) is 5. The van der Waals surface area contributed by atoms with Crippen LogP contribution in [0, 0.1) is 0 Å². The highest BCUT2D eigenvalue weighted by Gasteiger charge is 2.18. The molecular formula is C55H35N5. The number of rotatable bonds is 6. The SMILES string of the molecule is c1ccc(-c2nc3ccc(-n4c5ccccc5c5ccc(-c6ccc7c8ccccc8n(-c8ccc(-c9cccnc9)cc8)c7c6)cc54)cc3nc2-c2ccccc2)cc1. The molecule has 60 heavy (non-hydrogen) atoms. The number of pyridine rings is 1. The first-order chi connectivity index (χ1) is 29.7.